The molecule has 0 unspecified atom stereocenters. The number of Topliss-reactive ketones (excluding diaryl/α,β-unsaturated/α-hetero) is 1. The van der Waals surface area contributed by atoms with Gasteiger partial charge in [0.1, 0.15) is 11.6 Å². The van der Waals surface area contributed by atoms with Crippen molar-refractivity contribution in [3.05, 3.63) is 102 Å². The summed E-state index contributed by atoms with van der Waals surface area (Å²) in [5.74, 6) is -0.323. The van der Waals surface area contributed by atoms with Gasteiger partial charge in [-0.2, -0.15) is 0 Å². The number of aromatic amines is 1. The molecule has 1 N–H and O–H groups in total. The zero-order valence-corrected chi connectivity index (χ0v) is 16.2. The highest BCUT2D eigenvalue weighted by molar-refractivity contribution is 5.83. The highest BCUT2D eigenvalue weighted by atomic mass is 19.1. The molecule has 0 saturated carbocycles. The lowest BCUT2D eigenvalue weighted by atomic mass is 9.98. The van der Waals surface area contributed by atoms with Crippen LogP contribution in [0.1, 0.15) is 16.7 Å². The number of hydrogen-bond acceptors (Lipinski definition) is 2. The van der Waals surface area contributed by atoms with Gasteiger partial charge in [0.05, 0.1) is 5.69 Å². The molecule has 0 atom stereocenters. The molecule has 0 aliphatic carbocycles. The monoisotopic (exact) mass is 384 g/mol. The van der Waals surface area contributed by atoms with E-state index in [9.17, 15) is 9.18 Å². The smallest absolute Gasteiger partial charge is 0.141 e. The lowest BCUT2D eigenvalue weighted by molar-refractivity contribution is -0.117. The van der Waals surface area contributed by atoms with Crippen LogP contribution in [0.2, 0.25) is 0 Å². The van der Waals surface area contributed by atoms with Crippen LogP contribution in [0.5, 0.6) is 0 Å². The Bertz CT molecular complexity index is 1130. The molecule has 4 rings (SSSR count). The number of H-pyrrole nitrogens is 1. The Labute approximate surface area is 169 Å². The number of ketones is 1. The minimum Gasteiger partial charge on any atom is -0.367 e. The van der Waals surface area contributed by atoms with Crippen molar-refractivity contribution < 1.29 is 9.18 Å². The van der Waals surface area contributed by atoms with Crippen molar-refractivity contribution in [2.45, 2.75) is 19.8 Å². The largest absolute Gasteiger partial charge is 0.367 e. The number of halogens is 1. The summed E-state index contributed by atoms with van der Waals surface area (Å²) in [6.45, 7) is 1.90. The third kappa shape index (κ3) is 4.49. The number of carbonyl (C=O) groups excluding carboxylic acids is 1. The SMILES string of the molecule is Cc1ccc(F)c(CC(=O)Cc2ccc(-c3ccnc(-c4cc[nH]c4)c3)cc2)c1. The third-order valence-electron chi connectivity index (χ3n) is 4.93. The molecule has 0 radical (unpaired) electrons. The van der Waals surface area contributed by atoms with Crippen LogP contribution in [0.25, 0.3) is 22.4 Å². The van der Waals surface area contributed by atoms with Gasteiger partial charge in [-0.05, 0) is 53.4 Å². The number of rotatable bonds is 6. The molecule has 2 aromatic heterocycles. The van der Waals surface area contributed by atoms with Crippen molar-refractivity contribution in [3.63, 3.8) is 0 Å². The minimum atomic E-state index is -0.324. The molecule has 4 heteroatoms. The Morgan fingerprint density at radius 3 is 2.52 bits per heavy atom. The molecule has 0 amide bonds. The number of hydrogen-bond donors (Lipinski definition) is 1. The molecule has 3 nitrogen and oxygen atoms in total. The first kappa shape index (κ1) is 18.8. The van der Waals surface area contributed by atoms with Crippen molar-refractivity contribution in [2.24, 2.45) is 0 Å². The van der Waals surface area contributed by atoms with Gasteiger partial charge < -0.3 is 4.98 Å². The topological polar surface area (TPSA) is 45.8 Å². The second-order valence-electron chi connectivity index (χ2n) is 7.21. The molecule has 0 spiro atoms. The van der Waals surface area contributed by atoms with E-state index in [1.807, 2.05) is 61.8 Å². The molecule has 0 aliphatic rings. The summed E-state index contributed by atoms with van der Waals surface area (Å²) in [7, 11) is 0. The number of carbonyl (C=O) groups is 1. The summed E-state index contributed by atoms with van der Waals surface area (Å²) in [5, 5.41) is 0. The highest BCUT2D eigenvalue weighted by Gasteiger charge is 2.10. The summed E-state index contributed by atoms with van der Waals surface area (Å²) >= 11 is 0. The number of benzene rings is 2. The maximum atomic E-state index is 13.9. The summed E-state index contributed by atoms with van der Waals surface area (Å²) in [5.41, 5.74) is 6.41. The van der Waals surface area contributed by atoms with Gasteiger partial charge in [-0.15, -0.1) is 0 Å². The van der Waals surface area contributed by atoms with E-state index in [0.717, 1.165) is 33.5 Å². The fourth-order valence-corrected chi connectivity index (χ4v) is 3.41. The van der Waals surface area contributed by atoms with Crippen LogP contribution in [0.3, 0.4) is 0 Å². The van der Waals surface area contributed by atoms with Crippen LogP contribution in [-0.2, 0) is 17.6 Å². The highest BCUT2D eigenvalue weighted by Crippen LogP contribution is 2.25. The van der Waals surface area contributed by atoms with Gasteiger partial charge >= 0.3 is 0 Å². The van der Waals surface area contributed by atoms with Crippen molar-refractivity contribution in [1.82, 2.24) is 9.97 Å². The number of aryl methyl sites for hydroxylation is 1. The summed E-state index contributed by atoms with van der Waals surface area (Å²) in [6, 6.07) is 18.8. The van der Waals surface area contributed by atoms with Crippen LogP contribution >= 0.6 is 0 Å². The first-order valence-electron chi connectivity index (χ1n) is 9.54. The van der Waals surface area contributed by atoms with Crippen LogP contribution in [-0.4, -0.2) is 15.8 Å². The Balaban J connectivity index is 1.46. The maximum Gasteiger partial charge on any atom is 0.141 e. The Morgan fingerprint density at radius 2 is 1.76 bits per heavy atom. The standard InChI is InChI=1S/C25H21FN2O/c1-17-2-7-24(26)22(12-17)14-23(29)13-18-3-5-19(6-4-18)20-9-11-28-25(15-20)21-8-10-27-16-21/h2-12,15-16,27H,13-14H2,1H3. The number of nitrogens with one attached hydrogen (secondary N) is 1. The summed E-state index contributed by atoms with van der Waals surface area (Å²) < 4.78 is 13.9. The maximum absolute atomic E-state index is 13.9. The lowest BCUT2D eigenvalue weighted by Gasteiger charge is -2.07. The molecule has 29 heavy (non-hydrogen) atoms. The molecule has 0 bridgehead atoms. The summed E-state index contributed by atoms with van der Waals surface area (Å²) in [6.07, 6.45) is 5.99. The van der Waals surface area contributed by atoms with E-state index in [1.165, 1.54) is 6.07 Å². The molecule has 0 aliphatic heterocycles. The van der Waals surface area contributed by atoms with E-state index in [-0.39, 0.29) is 18.0 Å². The van der Waals surface area contributed by atoms with Crippen LogP contribution in [0.4, 0.5) is 4.39 Å². The average Bonchev–Trinajstić information content (AvgIpc) is 3.26. The average molecular weight is 384 g/mol. The van der Waals surface area contributed by atoms with Crippen LogP contribution in [0.15, 0.2) is 79.3 Å². The zero-order valence-electron chi connectivity index (χ0n) is 16.2. The summed E-state index contributed by atoms with van der Waals surface area (Å²) in [4.78, 5) is 19.9. The van der Waals surface area contributed by atoms with Gasteiger partial charge in [0.25, 0.3) is 0 Å². The number of aromatic nitrogens is 2. The normalized spacial score (nSPS) is 10.8. The van der Waals surface area contributed by atoms with E-state index >= 15 is 0 Å². The Kier molecular flexibility index (Phi) is 5.34. The van der Waals surface area contributed by atoms with Crippen molar-refractivity contribution in [3.8, 4) is 22.4 Å². The van der Waals surface area contributed by atoms with Crippen molar-refractivity contribution >= 4 is 5.78 Å². The van der Waals surface area contributed by atoms with Gasteiger partial charge in [0, 0.05) is 37.0 Å². The molecule has 4 aromatic rings. The van der Waals surface area contributed by atoms with Gasteiger partial charge in [-0.1, -0.05) is 42.0 Å². The van der Waals surface area contributed by atoms with Gasteiger partial charge in [0.2, 0.25) is 0 Å². The molecular formula is C25H21FN2O. The van der Waals surface area contributed by atoms with Crippen molar-refractivity contribution in [1.29, 1.82) is 0 Å². The van der Waals surface area contributed by atoms with E-state index in [2.05, 4.69) is 9.97 Å². The van der Waals surface area contributed by atoms with E-state index in [1.54, 1.807) is 18.3 Å². The second kappa shape index (κ2) is 8.23. The predicted molar refractivity (Wildman–Crippen MR) is 113 cm³/mol. The molecule has 144 valence electrons. The Morgan fingerprint density at radius 1 is 0.931 bits per heavy atom. The third-order valence-corrected chi connectivity index (χ3v) is 4.93. The Hall–Kier alpha value is -3.53. The molecule has 0 fully saturated rings. The fourth-order valence-electron chi connectivity index (χ4n) is 3.41. The van der Waals surface area contributed by atoms with E-state index < -0.39 is 0 Å². The first-order valence-corrected chi connectivity index (χ1v) is 9.54. The van der Waals surface area contributed by atoms with Gasteiger partial charge in [0.15, 0.2) is 0 Å². The molecule has 0 saturated heterocycles. The molecule has 2 aromatic carbocycles. The number of nitrogens with zero attached hydrogens (tertiary/aromatic N) is 1. The molecule has 2 heterocycles. The van der Waals surface area contributed by atoms with Crippen LogP contribution in [0, 0.1) is 12.7 Å². The predicted octanol–water partition coefficient (Wildman–Crippen LogP) is 5.55. The van der Waals surface area contributed by atoms with Crippen molar-refractivity contribution in [2.75, 3.05) is 0 Å². The zero-order chi connectivity index (χ0) is 20.2. The quantitative estimate of drug-likeness (QED) is 0.474. The second-order valence-corrected chi connectivity index (χ2v) is 7.21. The molecular weight excluding hydrogens is 363 g/mol. The first-order chi connectivity index (χ1) is 14.1. The van der Waals surface area contributed by atoms with Gasteiger partial charge in [-0.25, -0.2) is 4.39 Å². The lowest BCUT2D eigenvalue weighted by Crippen LogP contribution is -2.08. The fraction of sp³-hybridized carbons (Fsp3) is 0.120. The van der Waals surface area contributed by atoms with E-state index in [4.69, 9.17) is 0 Å². The number of pyridine rings is 1. The van der Waals surface area contributed by atoms with Gasteiger partial charge in [-0.3, -0.25) is 9.78 Å². The van der Waals surface area contributed by atoms with Crippen LogP contribution < -0.4 is 0 Å². The minimum absolute atomic E-state index is 0.000838. The van der Waals surface area contributed by atoms with E-state index in [0.29, 0.717) is 12.0 Å².